The third-order valence-corrected chi connectivity index (χ3v) is 4.90. The summed E-state index contributed by atoms with van der Waals surface area (Å²) in [6.45, 7) is 12.9. The van der Waals surface area contributed by atoms with Crippen molar-refractivity contribution in [3.05, 3.63) is 35.7 Å². The number of para-hydroxylation sites is 2. The minimum atomic E-state index is -0.969. The standard InChI is InChI=1S/C19H26N2O/c1-17(2,3)13-11-19(22,18(4,5)6)16-20-14-9-7-8-10-15(14)21(16)12-13/h7-10,12,22H,11H2,1-6H3. The van der Waals surface area contributed by atoms with Gasteiger partial charge in [-0.05, 0) is 28.5 Å². The lowest BCUT2D eigenvalue weighted by Gasteiger charge is -2.44. The lowest BCUT2D eigenvalue weighted by molar-refractivity contribution is -0.0762. The molecule has 1 aliphatic rings. The van der Waals surface area contributed by atoms with Crippen molar-refractivity contribution in [2.75, 3.05) is 0 Å². The number of rotatable bonds is 0. The summed E-state index contributed by atoms with van der Waals surface area (Å²) in [6, 6.07) is 8.09. The van der Waals surface area contributed by atoms with E-state index in [-0.39, 0.29) is 10.8 Å². The second-order valence-electron chi connectivity index (χ2n) is 8.49. The van der Waals surface area contributed by atoms with Gasteiger partial charge < -0.3 is 9.67 Å². The highest BCUT2D eigenvalue weighted by Gasteiger charge is 2.49. The number of aromatic nitrogens is 2. The van der Waals surface area contributed by atoms with Gasteiger partial charge in [-0.3, -0.25) is 0 Å². The van der Waals surface area contributed by atoms with E-state index >= 15 is 0 Å². The smallest absolute Gasteiger partial charge is 0.146 e. The topological polar surface area (TPSA) is 38.0 Å². The van der Waals surface area contributed by atoms with E-state index in [0.29, 0.717) is 6.42 Å². The number of aliphatic hydroxyl groups is 1. The van der Waals surface area contributed by atoms with Crippen LogP contribution in [-0.4, -0.2) is 14.7 Å². The summed E-state index contributed by atoms with van der Waals surface area (Å²) in [5.41, 5.74) is 2.00. The predicted molar refractivity (Wildman–Crippen MR) is 91.4 cm³/mol. The molecule has 1 N–H and O–H groups in total. The third-order valence-electron chi connectivity index (χ3n) is 4.90. The van der Waals surface area contributed by atoms with Crippen LogP contribution in [0, 0.1) is 10.8 Å². The number of hydrogen-bond acceptors (Lipinski definition) is 2. The van der Waals surface area contributed by atoms with Crippen molar-refractivity contribution < 1.29 is 5.11 Å². The first-order valence-corrected chi connectivity index (χ1v) is 7.95. The fraction of sp³-hybridized carbons (Fsp3) is 0.526. The fourth-order valence-corrected chi connectivity index (χ4v) is 3.08. The van der Waals surface area contributed by atoms with Gasteiger partial charge >= 0.3 is 0 Å². The summed E-state index contributed by atoms with van der Waals surface area (Å²) in [5, 5.41) is 11.6. The maximum absolute atomic E-state index is 11.6. The van der Waals surface area contributed by atoms with Gasteiger partial charge in [-0.25, -0.2) is 4.98 Å². The number of benzene rings is 1. The van der Waals surface area contributed by atoms with Crippen LogP contribution in [0.2, 0.25) is 0 Å². The number of hydrogen-bond donors (Lipinski definition) is 1. The SMILES string of the molecule is CC(C)(C)C1=Cn2c(nc3ccccc32)C(O)(C(C)(C)C)C1. The molecule has 0 saturated carbocycles. The monoisotopic (exact) mass is 298 g/mol. The molecule has 1 aliphatic heterocycles. The second-order valence-corrected chi connectivity index (χ2v) is 8.49. The Morgan fingerprint density at radius 2 is 1.73 bits per heavy atom. The summed E-state index contributed by atoms with van der Waals surface area (Å²) in [5.74, 6) is 0.759. The molecule has 2 aromatic rings. The number of imidazole rings is 1. The molecule has 22 heavy (non-hydrogen) atoms. The average molecular weight is 298 g/mol. The first-order chi connectivity index (χ1) is 10.0. The minimum absolute atomic E-state index is 0.0162. The van der Waals surface area contributed by atoms with Crippen molar-refractivity contribution in [1.29, 1.82) is 0 Å². The summed E-state index contributed by atoms with van der Waals surface area (Å²) >= 11 is 0. The third kappa shape index (κ3) is 2.11. The molecule has 0 fully saturated rings. The summed E-state index contributed by atoms with van der Waals surface area (Å²) in [4.78, 5) is 4.76. The van der Waals surface area contributed by atoms with Gasteiger partial charge in [0.1, 0.15) is 11.4 Å². The van der Waals surface area contributed by atoms with Gasteiger partial charge in [0.05, 0.1) is 11.0 Å². The fourth-order valence-electron chi connectivity index (χ4n) is 3.08. The molecule has 1 atom stereocenters. The molecule has 0 aliphatic carbocycles. The van der Waals surface area contributed by atoms with E-state index in [0.717, 1.165) is 16.9 Å². The highest BCUT2D eigenvalue weighted by Crippen LogP contribution is 2.49. The Balaban J connectivity index is 2.35. The Morgan fingerprint density at radius 3 is 2.32 bits per heavy atom. The van der Waals surface area contributed by atoms with Crippen LogP contribution in [0.1, 0.15) is 53.8 Å². The molecule has 0 amide bonds. The maximum Gasteiger partial charge on any atom is 0.146 e. The summed E-state index contributed by atoms with van der Waals surface area (Å²) in [7, 11) is 0. The molecule has 3 nitrogen and oxygen atoms in total. The Morgan fingerprint density at radius 1 is 1.09 bits per heavy atom. The van der Waals surface area contributed by atoms with Crippen LogP contribution in [0.25, 0.3) is 17.2 Å². The van der Waals surface area contributed by atoms with E-state index in [9.17, 15) is 5.11 Å². The zero-order chi connectivity index (χ0) is 16.3. The molecule has 3 rings (SSSR count). The van der Waals surface area contributed by atoms with Crippen molar-refractivity contribution in [2.24, 2.45) is 10.8 Å². The van der Waals surface area contributed by atoms with Crippen LogP contribution < -0.4 is 0 Å². The Bertz CT molecular complexity index is 756. The van der Waals surface area contributed by atoms with Crippen LogP contribution in [0.3, 0.4) is 0 Å². The number of fused-ring (bicyclic) bond motifs is 3. The Kier molecular flexibility index (Phi) is 3.09. The highest BCUT2D eigenvalue weighted by atomic mass is 16.3. The zero-order valence-corrected chi connectivity index (χ0v) is 14.4. The molecule has 2 heterocycles. The van der Waals surface area contributed by atoms with Crippen LogP contribution in [0.15, 0.2) is 29.8 Å². The van der Waals surface area contributed by atoms with Gasteiger partial charge in [0.25, 0.3) is 0 Å². The molecular formula is C19H26N2O. The Labute approximate surface area is 132 Å². The molecule has 0 bridgehead atoms. The van der Waals surface area contributed by atoms with Gasteiger partial charge in [0, 0.05) is 12.6 Å². The average Bonchev–Trinajstić information content (AvgIpc) is 2.76. The zero-order valence-electron chi connectivity index (χ0n) is 14.4. The first kappa shape index (κ1) is 15.3. The molecule has 0 radical (unpaired) electrons. The van der Waals surface area contributed by atoms with Crippen molar-refractivity contribution >= 4 is 17.2 Å². The van der Waals surface area contributed by atoms with E-state index in [1.165, 1.54) is 5.57 Å². The molecule has 0 spiro atoms. The molecule has 1 unspecified atom stereocenters. The van der Waals surface area contributed by atoms with Crippen LogP contribution in [0.4, 0.5) is 0 Å². The van der Waals surface area contributed by atoms with E-state index in [4.69, 9.17) is 4.98 Å². The van der Waals surface area contributed by atoms with Gasteiger partial charge in [-0.2, -0.15) is 0 Å². The summed E-state index contributed by atoms with van der Waals surface area (Å²) in [6.07, 6.45) is 2.80. The minimum Gasteiger partial charge on any atom is -0.381 e. The van der Waals surface area contributed by atoms with E-state index in [1.807, 2.05) is 18.2 Å². The van der Waals surface area contributed by atoms with Crippen LogP contribution in [0.5, 0.6) is 0 Å². The van der Waals surface area contributed by atoms with Crippen LogP contribution in [-0.2, 0) is 5.60 Å². The molecule has 118 valence electrons. The van der Waals surface area contributed by atoms with Gasteiger partial charge in [0.2, 0.25) is 0 Å². The largest absolute Gasteiger partial charge is 0.381 e. The molecule has 1 aromatic heterocycles. The van der Waals surface area contributed by atoms with Crippen molar-refractivity contribution in [1.82, 2.24) is 9.55 Å². The maximum atomic E-state index is 11.6. The van der Waals surface area contributed by atoms with Crippen molar-refractivity contribution in [3.63, 3.8) is 0 Å². The molecule has 3 heteroatoms. The predicted octanol–water partition coefficient (Wildman–Crippen LogP) is 4.56. The van der Waals surface area contributed by atoms with E-state index in [1.54, 1.807) is 0 Å². The second kappa shape index (κ2) is 4.45. The van der Waals surface area contributed by atoms with Gasteiger partial charge in [0.15, 0.2) is 0 Å². The first-order valence-electron chi connectivity index (χ1n) is 7.95. The quantitative estimate of drug-likeness (QED) is 0.774. The van der Waals surface area contributed by atoms with Crippen LogP contribution >= 0.6 is 0 Å². The van der Waals surface area contributed by atoms with E-state index < -0.39 is 5.60 Å². The van der Waals surface area contributed by atoms with Gasteiger partial charge in [-0.15, -0.1) is 0 Å². The highest BCUT2D eigenvalue weighted by molar-refractivity contribution is 5.79. The number of nitrogens with zero attached hydrogens (tertiary/aromatic N) is 2. The lowest BCUT2D eigenvalue weighted by Crippen LogP contribution is -2.45. The lowest BCUT2D eigenvalue weighted by atomic mass is 9.68. The molecule has 0 saturated heterocycles. The molecule has 1 aromatic carbocycles. The summed E-state index contributed by atoms with van der Waals surface area (Å²) < 4.78 is 2.09. The van der Waals surface area contributed by atoms with Crippen molar-refractivity contribution in [2.45, 2.75) is 53.6 Å². The molecular weight excluding hydrogens is 272 g/mol. The Hall–Kier alpha value is -1.61. The van der Waals surface area contributed by atoms with E-state index in [2.05, 4.69) is 58.4 Å². The van der Waals surface area contributed by atoms with Crippen molar-refractivity contribution in [3.8, 4) is 0 Å². The normalized spacial score (nSPS) is 22.6. The van der Waals surface area contributed by atoms with Gasteiger partial charge in [-0.1, -0.05) is 53.7 Å².